The Bertz CT molecular complexity index is 400. The molecule has 120 valence electrons. The van der Waals surface area contributed by atoms with Gasteiger partial charge in [0.1, 0.15) is 18.8 Å². The molecule has 1 saturated heterocycles. The maximum Gasteiger partial charge on any atom is 0.410 e. The van der Waals surface area contributed by atoms with Crippen LogP contribution in [-0.4, -0.2) is 64.7 Å². The summed E-state index contributed by atoms with van der Waals surface area (Å²) in [6.45, 7) is 4.10. The summed E-state index contributed by atoms with van der Waals surface area (Å²) in [6, 6.07) is 0. The van der Waals surface area contributed by atoms with Crippen molar-refractivity contribution in [2.24, 2.45) is 5.41 Å². The van der Waals surface area contributed by atoms with Crippen LogP contribution in [0.4, 0.5) is 4.79 Å². The Morgan fingerprint density at radius 3 is 1.81 bits per heavy atom. The number of rotatable bonds is 4. The Labute approximate surface area is 123 Å². The average Bonchev–Trinajstić information content (AvgIpc) is 2.43. The molecule has 0 saturated carbocycles. The molecule has 7 nitrogen and oxygen atoms in total. The molecule has 0 unspecified atom stereocenters. The van der Waals surface area contributed by atoms with Crippen molar-refractivity contribution in [1.29, 1.82) is 0 Å². The van der Waals surface area contributed by atoms with Gasteiger partial charge < -0.3 is 19.8 Å². The van der Waals surface area contributed by atoms with Crippen LogP contribution in [0.25, 0.3) is 0 Å². The van der Waals surface area contributed by atoms with Crippen molar-refractivity contribution in [3.8, 4) is 0 Å². The first-order valence-corrected chi connectivity index (χ1v) is 6.92. The molecule has 0 aromatic rings. The number of hydrogen-bond donors (Lipinski definition) is 2. The Morgan fingerprint density at radius 2 is 1.48 bits per heavy atom. The Kier molecular flexibility index (Phi) is 5.47. The van der Waals surface area contributed by atoms with E-state index < -0.39 is 41.9 Å². The minimum atomic E-state index is -1.39. The van der Waals surface area contributed by atoms with Gasteiger partial charge in [0.15, 0.2) is 11.6 Å². The van der Waals surface area contributed by atoms with Crippen LogP contribution in [0.5, 0.6) is 0 Å². The SMILES string of the molecule is CC(C)(C)OC(=O)N1CCC(C(=O)CO)(C(=O)CO)CC1. The summed E-state index contributed by atoms with van der Waals surface area (Å²) in [4.78, 5) is 37.1. The Morgan fingerprint density at radius 1 is 1.05 bits per heavy atom. The fourth-order valence-corrected chi connectivity index (χ4v) is 2.41. The summed E-state index contributed by atoms with van der Waals surface area (Å²) in [5.41, 5.74) is -2.00. The van der Waals surface area contributed by atoms with Gasteiger partial charge in [0.2, 0.25) is 0 Å². The third-order valence-corrected chi connectivity index (χ3v) is 3.62. The molecule has 1 amide bonds. The standard InChI is InChI=1S/C14H23NO6/c1-13(2,3)21-12(20)15-6-4-14(5-7-15,10(18)8-16)11(19)9-17/h16-17H,4-9H2,1-3H3. The molecule has 0 aliphatic carbocycles. The molecule has 1 aliphatic heterocycles. The highest BCUT2D eigenvalue weighted by Gasteiger charge is 2.47. The fourth-order valence-electron chi connectivity index (χ4n) is 2.41. The zero-order valence-corrected chi connectivity index (χ0v) is 12.7. The second kappa shape index (κ2) is 6.53. The van der Waals surface area contributed by atoms with Crippen LogP contribution in [0, 0.1) is 5.41 Å². The lowest BCUT2D eigenvalue weighted by molar-refractivity contribution is -0.147. The largest absolute Gasteiger partial charge is 0.444 e. The quantitative estimate of drug-likeness (QED) is 0.715. The molecule has 7 heteroatoms. The second-order valence-corrected chi connectivity index (χ2v) is 6.21. The maximum absolute atomic E-state index is 11.9. The summed E-state index contributed by atoms with van der Waals surface area (Å²) in [5, 5.41) is 18.1. The predicted octanol–water partition coefficient (Wildman–Crippen LogP) is 0.126. The first-order chi connectivity index (χ1) is 9.66. The van der Waals surface area contributed by atoms with E-state index in [9.17, 15) is 14.4 Å². The molecule has 1 heterocycles. The van der Waals surface area contributed by atoms with Gasteiger partial charge in [-0.2, -0.15) is 0 Å². The smallest absolute Gasteiger partial charge is 0.410 e. The van der Waals surface area contributed by atoms with Crippen LogP contribution in [0.2, 0.25) is 0 Å². The number of nitrogens with zero attached hydrogens (tertiary/aromatic N) is 1. The summed E-state index contributed by atoms with van der Waals surface area (Å²) in [5.74, 6) is -1.21. The van der Waals surface area contributed by atoms with E-state index in [0.717, 1.165) is 0 Å². The van der Waals surface area contributed by atoms with Crippen LogP contribution < -0.4 is 0 Å². The lowest BCUT2D eigenvalue weighted by atomic mass is 9.72. The van der Waals surface area contributed by atoms with E-state index in [1.54, 1.807) is 20.8 Å². The monoisotopic (exact) mass is 301 g/mol. The van der Waals surface area contributed by atoms with Crippen LogP contribution in [0.15, 0.2) is 0 Å². The summed E-state index contributed by atoms with van der Waals surface area (Å²) >= 11 is 0. The number of ether oxygens (including phenoxy) is 1. The van der Waals surface area contributed by atoms with Gasteiger partial charge in [0, 0.05) is 13.1 Å². The highest BCUT2D eigenvalue weighted by molar-refractivity contribution is 6.08. The van der Waals surface area contributed by atoms with Crippen molar-refractivity contribution in [3.63, 3.8) is 0 Å². The van der Waals surface area contributed by atoms with Crippen molar-refractivity contribution in [1.82, 2.24) is 4.90 Å². The topological polar surface area (TPSA) is 104 Å². The number of hydrogen-bond acceptors (Lipinski definition) is 6. The van der Waals surface area contributed by atoms with Crippen molar-refractivity contribution < 1.29 is 29.3 Å². The molecule has 0 bridgehead atoms. The zero-order chi connectivity index (χ0) is 16.3. The number of aliphatic hydroxyl groups is 2. The second-order valence-electron chi connectivity index (χ2n) is 6.21. The average molecular weight is 301 g/mol. The van der Waals surface area contributed by atoms with E-state index >= 15 is 0 Å². The van der Waals surface area contributed by atoms with Crippen molar-refractivity contribution in [2.75, 3.05) is 26.3 Å². The number of aliphatic hydroxyl groups excluding tert-OH is 2. The summed E-state index contributed by atoms with van der Waals surface area (Å²) < 4.78 is 5.24. The van der Waals surface area contributed by atoms with E-state index in [0.29, 0.717) is 0 Å². The number of Topliss-reactive ketones (excluding diaryl/α,β-unsaturated/α-hetero) is 2. The summed E-state index contributed by atoms with van der Waals surface area (Å²) in [7, 11) is 0. The minimum absolute atomic E-state index is 0.0883. The molecule has 1 fully saturated rings. The molecule has 0 aromatic heterocycles. The molecule has 21 heavy (non-hydrogen) atoms. The molecule has 1 aliphatic rings. The minimum Gasteiger partial charge on any atom is -0.444 e. The van der Waals surface area contributed by atoms with Crippen molar-refractivity contribution >= 4 is 17.7 Å². The number of piperidine rings is 1. The lowest BCUT2D eigenvalue weighted by Gasteiger charge is -2.39. The first kappa shape index (κ1) is 17.6. The van der Waals surface area contributed by atoms with E-state index in [4.69, 9.17) is 14.9 Å². The van der Waals surface area contributed by atoms with Crippen molar-refractivity contribution in [3.05, 3.63) is 0 Å². The number of ketones is 2. The van der Waals surface area contributed by atoms with E-state index in [1.807, 2.05) is 0 Å². The van der Waals surface area contributed by atoms with Gasteiger partial charge in [-0.25, -0.2) is 4.79 Å². The van der Waals surface area contributed by atoms with E-state index in [2.05, 4.69) is 0 Å². The highest BCUT2D eigenvalue weighted by atomic mass is 16.6. The van der Waals surface area contributed by atoms with Crippen molar-refractivity contribution in [2.45, 2.75) is 39.2 Å². The third-order valence-electron chi connectivity index (χ3n) is 3.62. The van der Waals surface area contributed by atoms with Crippen LogP contribution >= 0.6 is 0 Å². The van der Waals surface area contributed by atoms with Gasteiger partial charge in [0.25, 0.3) is 0 Å². The fraction of sp³-hybridized carbons (Fsp3) is 0.786. The van der Waals surface area contributed by atoms with Gasteiger partial charge in [-0.05, 0) is 33.6 Å². The Hall–Kier alpha value is -1.47. The molecule has 0 spiro atoms. The number of likely N-dealkylation sites (tertiary alicyclic amines) is 1. The molecule has 2 N–H and O–H groups in total. The van der Waals surface area contributed by atoms with E-state index in [-0.39, 0.29) is 25.9 Å². The lowest BCUT2D eigenvalue weighted by Crippen LogP contribution is -2.52. The first-order valence-electron chi connectivity index (χ1n) is 6.92. The van der Waals surface area contributed by atoms with Gasteiger partial charge in [-0.15, -0.1) is 0 Å². The zero-order valence-electron chi connectivity index (χ0n) is 12.7. The van der Waals surface area contributed by atoms with Gasteiger partial charge in [0.05, 0.1) is 5.41 Å². The molecular weight excluding hydrogens is 278 g/mol. The van der Waals surface area contributed by atoms with E-state index in [1.165, 1.54) is 4.90 Å². The molecule has 0 radical (unpaired) electrons. The van der Waals surface area contributed by atoms with Crippen LogP contribution in [0.3, 0.4) is 0 Å². The van der Waals surface area contributed by atoms with Gasteiger partial charge >= 0.3 is 6.09 Å². The van der Waals surface area contributed by atoms with Gasteiger partial charge in [-0.1, -0.05) is 0 Å². The Balaban J connectivity index is 2.78. The number of carbonyl (C=O) groups excluding carboxylic acids is 3. The third kappa shape index (κ3) is 4.01. The predicted molar refractivity (Wildman–Crippen MR) is 73.7 cm³/mol. The highest BCUT2D eigenvalue weighted by Crippen LogP contribution is 2.34. The molecule has 0 atom stereocenters. The van der Waals surface area contributed by atoms with Crippen LogP contribution in [-0.2, 0) is 14.3 Å². The number of amides is 1. The normalized spacial score (nSPS) is 18.2. The van der Waals surface area contributed by atoms with Crippen LogP contribution in [0.1, 0.15) is 33.6 Å². The molecular formula is C14H23NO6. The molecule has 1 rings (SSSR count). The van der Waals surface area contributed by atoms with Gasteiger partial charge in [-0.3, -0.25) is 9.59 Å². The maximum atomic E-state index is 11.9. The molecule has 0 aromatic carbocycles. The number of carbonyl (C=O) groups is 3. The summed E-state index contributed by atoms with van der Waals surface area (Å²) in [6.07, 6.45) is -0.320.